The molecule has 1 saturated carbocycles. The number of hydrogen-bond donors (Lipinski definition) is 0. The fourth-order valence-corrected chi connectivity index (χ4v) is 11.0. The summed E-state index contributed by atoms with van der Waals surface area (Å²) >= 11 is 1.93. The monoisotopic (exact) mass is 722 g/mol. The third-order valence-electron chi connectivity index (χ3n) is 12.3. The molecule has 2 nitrogen and oxygen atoms in total. The van der Waals surface area contributed by atoms with Crippen molar-refractivity contribution in [2.24, 2.45) is 0 Å². The van der Waals surface area contributed by atoms with Crippen LogP contribution in [0.1, 0.15) is 47.6 Å². The van der Waals surface area contributed by atoms with Crippen LogP contribution in [-0.2, 0) is 6.42 Å². The topological polar surface area (TPSA) is 9.86 Å². The van der Waals surface area contributed by atoms with Crippen LogP contribution in [0.2, 0.25) is 0 Å². The van der Waals surface area contributed by atoms with Gasteiger partial charge in [-0.1, -0.05) is 109 Å². The van der Waals surface area contributed by atoms with E-state index in [1.807, 2.05) is 11.3 Å². The number of aromatic nitrogens is 2. The quantitative estimate of drug-likeness (QED) is 0.167. The van der Waals surface area contributed by atoms with Crippen molar-refractivity contribution < 1.29 is 0 Å². The lowest BCUT2D eigenvalue weighted by Crippen LogP contribution is -2.02. The molecule has 7 aromatic carbocycles. The highest BCUT2D eigenvalue weighted by molar-refractivity contribution is 7.26. The van der Waals surface area contributed by atoms with Crippen molar-refractivity contribution in [2.75, 3.05) is 0 Å². The number of allylic oxidation sites excluding steroid dienone is 1. The molecule has 2 aliphatic carbocycles. The molecular weight excluding hydrogens is 685 g/mol. The minimum Gasteiger partial charge on any atom is -0.309 e. The molecule has 0 amide bonds. The number of nitrogens with zero attached hydrogens (tertiary/aromatic N) is 2. The Morgan fingerprint density at radius 1 is 0.564 bits per heavy atom. The summed E-state index contributed by atoms with van der Waals surface area (Å²) in [6, 6.07) is 54.5. The number of fused-ring (bicyclic) bond motifs is 10. The van der Waals surface area contributed by atoms with Gasteiger partial charge in [0.2, 0.25) is 0 Å². The van der Waals surface area contributed by atoms with Gasteiger partial charge in [-0.3, -0.25) is 0 Å². The Kier molecular flexibility index (Phi) is 6.76. The van der Waals surface area contributed by atoms with Crippen molar-refractivity contribution >= 4 is 70.3 Å². The van der Waals surface area contributed by atoms with E-state index in [1.165, 1.54) is 122 Å². The Bertz CT molecular complexity index is 3220. The molecule has 0 atom stereocenters. The van der Waals surface area contributed by atoms with Gasteiger partial charge < -0.3 is 9.13 Å². The molecule has 55 heavy (non-hydrogen) atoms. The summed E-state index contributed by atoms with van der Waals surface area (Å²) in [5.74, 6) is 0.593. The zero-order valence-corrected chi connectivity index (χ0v) is 31.5. The van der Waals surface area contributed by atoms with Crippen LogP contribution >= 0.6 is 11.3 Å². The van der Waals surface area contributed by atoms with E-state index in [-0.39, 0.29) is 0 Å². The van der Waals surface area contributed by atoms with Crippen LogP contribution in [0.4, 0.5) is 0 Å². The van der Waals surface area contributed by atoms with Crippen molar-refractivity contribution in [3.8, 4) is 33.6 Å². The van der Waals surface area contributed by atoms with Crippen LogP contribution in [0.25, 0.3) is 92.6 Å². The summed E-state index contributed by atoms with van der Waals surface area (Å²) in [6.45, 7) is 2.32. The highest BCUT2D eigenvalue weighted by atomic mass is 32.1. The normalized spacial score (nSPS) is 14.2. The summed E-state index contributed by atoms with van der Waals surface area (Å²) in [7, 11) is 0. The molecule has 262 valence electrons. The lowest BCUT2D eigenvalue weighted by Gasteiger charge is -2.19. The molecule has 0 saturated heterocycles. The number of hydrogen-bond acceptors (Lipinski definition) is 1. The van der Waals surface area contributed by atoms with Crippen LogP contribution in [0, 0.1) is 6.92 Å². The third kappa shape index (κ3) is 4.60. The van der Waals surface area contributed by atoms with Crippen LogP contribution in [0.15, 0.2) is 152 Å². The smallest absolute Gasteiger partial charge is 0.0637 e. The molecule has 0 unspecified atom stereocenters. The Hall–Kier alpha value is -6.16. The van der Waals surface area contributed by atoms with Gasteiger partial charge in [0, 0.05) is 53.4 Å². The van der Waals surface area contributed by atoms with Crippen molar-refractivity contribution in [1.82, 2.24) is 9.13 Å². The van der Waals surface area contributed by atoms with E-state index in [2.05, 4.69) is 174 Å². The molecule has 3 heterocycles. The fraction of sp³-hybridized carbons (Fsp3) is 0.115. The van der Waals surface area contributed by atoms with E-state index in [0.717, 1.165) is 12.8 Å². The maximum atomic E-state index is 2.57. The Morgan fingerprint density at radius 2 is 1.31 bits per heavy atom. The molecule has 12 rings (SSSR count). The summed E-state index contributed by atoms with van der Waals surface area (Å²) in [6.07, 6.45) is 9.36. The van der Waals surface area contributed by atoms with E-state index in [0.29, 0.717) is 5.92 Å². The van der Waals surface area contributed by atoms with Crippen molar-refractivity contribution in [3.05, 3.63) is 174 Å². The van der Waals surface area contributed by atoms with Gasteiger partial charge in [0.1, 0.15) is 0 Å². The zero-order chi connectivity index (χ0) is 36.2. The lowest BCUT2D eigenvalue weighted by atomic mass is 9.87. The second kappa shape index (κ2) is 11.9. The molecule has 10 aromatic rings. The SMILES string of the molecule is Cc1cc(-n2c3c(c4ccc5c(c6ccccc6n5-c5ccccc5)c42)CCC=C3)ccc1-c1cccc(-c2cccc3c2sc2ccccc23)c1C1CC1. The Balaban J connectivity index is 1.07. The first-order valence-electron chi connectivity index (χ1n) is 19.7. The molecular formula is C52H38N2S. The largest absolute Gasteiger partial charge is 0.309 e. The van der Waals surface area contributed by atoms with Crippen molar-refractivity contribution in [2.45, 2.75) is 38.5 Å². The number of rotatable bonds is 5. The summed E-state index contributed by atoms with van der Waals surface area (Å²) in [5, 5.41) is 6.70. The maximum absolute atomic E-state index is 2.57. The predicted molar refractivity (Wildman–Crippen MR) is 235 cm³/mol. The third-order valence-corrected chi connectivity index (χ3v) is 13.5. The molecule has 0 aliphatic heterocycles. The van der Waals surface area contributed by atoms with Crippen LogP contribution in [0.3, 0.4) is 0 Å². The summed E-state index contributed by atoms with van der Waals surface area (Å²) < 4.78 is 7.77. The van der Waals surface area contributed by atoms with Gasteiger partial charge in [-0.05, 0) is 126 Å². The second-order valence-corrected chi connectivity index (χ2v) is 16.6. The summed E-state index contributed by atoms with van der Waals surface area (Å²) in [4.78, 5) is 0. The molecule has 1 fully saturated rings. The van der Waals surface area contributed by atoms with Gasteiger partial charge in [-0.15, -0.1) is 11.3 Å². The van der Waals surface area contributed by atoms with E-state index < -0.39 is 0 Å². The van der Waals surface area contributed by atoms with Crippen LogP contribution in [0.5, 0.6) is 0 Å². The molecule has 0 N–H and O–H groups in total. The fourth-order valence-electron chi connectivity index (χ4n) is 9.79. The second-order valence-electron chi connectivity index (χ2n) is 15.5. The Morgan fingerprint density at radius 3 is 2.16 bits per heavy atom. The highest BCUT2D eigenvalue weighted by Crippen LogP contribution is 2.51. The van der Waals surface area contributed by atoms with Crippen LogP contribution < -0.4 is 0 Å². The van der Waals surface area contributed by atoms with E-state index in [1.54, 1.807) is 0 Å². The maximum Gasteiger partial charge on any atom is 0.0637 e. The molecule has 0 bridgehead atoms. The van der Waals surface area contributed by atoms with E-state index in [4.69, 9.17) is 0 Å². The molecule has 0 radical (unpaired) electrons. The molecule has 3 aromatic heterocycles. The standard InChI is InChI=1S/C52H38N2S/c1-32-31-35(27-28-36(32)39-18-11-19-40(49(39)33-25-26-33)43-21-12-20-42-38-16-7-10-24-48(38)55-52(42)43)54-45-22-8-5-15-37(45)41-29-30-47-50(51(41)54)44-17-6-9-23-46(44)53(47)34-13-3-2-4-14-34/h2-4,6-14,16-24,27-31,33H,5,15,25-26H2,1H3. The van der Waals surface area contributed by atoms with E-state index >= 15 is 0 Å². The predicted octanol–water partition coefficient (Wildman–Crippen LogP) is 14.6. The Labute approximate surface area is 324 Å². The first kappa shape index (κ1) is 31.2. The number of aryl methyl sites for hydroxylation is 2. The highest BCUT2D eigenvalue weighted by Gasteiger charge is 2.31. The number of benzene rings is 7. The number of thiophene rings is 1. The average Bonchev–Trinajstić information content (AvgIpc) is 3.80. The van der Waals surface area contributed by atoms with Gasteiger partial charge in [0.25, 0.3) is 0 Å². The minimum absolute atomic E-state index is 0.593. The minimum atomic E-state index is 0.593. The van der Waals surface area contributed by atoms with Crippen molar-refractivity contribution in [1.29, 1.82) is 0 Å². The average molecular weight is 723 g/mol. The lowest BCUT2D eigenvalue weighted by molar-refractivity contribution is 0.967. The van der Waals surface area contributed by atoms with Gasteiger partial charge in [-0.2, -0.15) is 0 Å². The summed E-state index contributed by atoms with van der Waals surface area (Å²) in [5.41, 5.74) is 17.3. The molecule has 2 aliphatic rings. The van der Waals surface area contributed by atoms with Gasteiger partial charge in [0.05, 0.1) is 16.6 Å². The first-order valence-corrected chi connectivity index (χ1v) is 20.5. The van der Waals surface area contributed by atoms with Gasteiger partial charge in [0.15, 0.2) is 0 Å². The van der Waals surface area contributed by atoms with Crippen molar-refractivity contribution in [3.63, 3.8) is 0 Å². The molecule has 0 spiro atoms. The number of para-hydroxylation sites is 2. The zero-order valence-electron chi connectivity index (χ0n) is 30.7. The first-order chi connectivity index (χ1) is 27.2. The van der Waals surface area contributed by atoms with E-state index in [9.17, 15) is 0 Å². The van der Waals surface area contributed by atoms with Crippen LogP contribution in [-0.4, -0.2) is 9.13 Å². The van der Waals surface area contributed by atoms with Gasteiger partial charge >= 0.3 is 0 Å². The molecule has 3 heteroatoms. The van der Waals surface area contributed by atoms with Gasteiger partial charge in [-0.25, -0.2) is 0 Å².